The molecule has 0 saturated heterocycles. The van der Waals surface area contributed by atoms with Gasteiger partial charge in [0.05, 0.1) is 7.11 Å². The Balaban J connectivity index is 1.67. The van der Waals surface area contributed by atoms with Crippen LogP contribution in [0.3, 0.4) is 0 Å². The SMILES string of the molecule is COc1ccccc1O[C@H](C)C(=O)Nc1noc(-c2ccccc2C)n1. The number of benzene rings is 2. The van der Waals surface area contributed by atoms with Gasteiger partial charge in [-0.15, -0.1) is 0 Å². The van der Waals surface area contributed by atoms with Gasteiger partial charge in [-0.3, -0.25) is 10.1 Å². The maximum atomic E-state index is 12.3. The minimum absolute atomic E-state index is 0.0868. The Kier molecular flexibility index (Phi) is 5.17. The molecule has 1 aromatic heterocycles. The van der Waals surface area contributed by atoms with Crippen molar-refractivity contribution in [1.29, 1.82) is 0 Å². The summed E-state index contributed by atoms with van der Waals surface area (Å²) in [5, 5.41) is 6.39. The molecule has 0 aliphatic carbocycles. The summed E-state index contributed by atoms with van der Waals surface area (Å²) in [6, 6.07) is 14.7. The van der Waals surface area contributed by atoms with Crippen LogP contribution < -0.4 is 14.8 Å². The fourth-order valence-corrected chi connectivity index (χ4v) is 2.37. The first-order valence-corrected chi connectivity index (χ1v) is 8.08. The molecule has 0 bridgehead atoms. The van der Waals surface area contributed by atoms with E-state index in [1.807, 2.05) is 37.3 Å². The third-order valence-electron chi connectivity index (χ3n) is 3.78. The lowest BCUT2D eigenvalue weighted by atomic mass is 10.1. The molecule has 0 spiro atoms. The number of para-hydroxylation sites is 2. The van der Waals surface area contributed by atoms with E-state index in [0.29, 0.717) is 17.4 Å². The van der Waals surface area contributed by atoms with Gasteiger partial charge in [0.25, 0.3) is 17.7 Å². The summed E-state index contributed by atoms with van der Waals surface area (Å²) >= 11 is 0. The van der Waals surface area contributed by atoms with Gasteiger partial charge in [-0.05, 0) is 42.8 Å². The average molecular weight is 353 g/mol. The van der Waals surface area contributed by atoms with Crippen LogP contribution in [0, 0.1) is 6.92 Å². The van der Waals surface area contributed by atoms with Crippen molar-refractivity contribution in [3.8, 4) is 23.0 Å². The number of nitrogens with zero attached hydrogens (tertiary/aromatic N) is 2. The molecule has 7 nitrogen and oxygen atoms in total. The van der Waals surface area contributed by atoms with Crippen LogP contribution in [0.2, 0.25) is 0 Å². The van der Waals surface area contributed by atoms with Crippen LogP contribution in [-0.2, 0) is 4.79 Å². The van der Waals surface area contributed by atoms with Crippen molar-refractivity contribution in [2.24, 2.45) is 0 Å². The summed E-state index contributed by atoms with van der Waals surface area (Å²) in [6.07, 6.45) is -0.772. The highest BCUT2D eigenvalue weighted by atomic mass is 16.5. The normalized spacial score (nSPS) is 11.7. The highest BCUT2D eigenvalue weighted by Crippen LogP contribution is 2.27. The Morgan fingerprint density at radius 1 is 1.12 bits per heavy atom. The van der Waals surface area contributed by atoms with Crippen molar-refractivity contribution >= 4 is 11.9 Å². The lowest BCUT2D eigenvalue weighted by molar-refractivity contribution is -0.122. The fourth-order valence-electron chi connectivity index (χ4n) is 2.37. The molecule has 26 heavy (non-hydrogen) atoms. The van der Waals surface area contributed by atoms with Crippen LogP contribution in [0.5, 0.6) is 11.5 Å². The van der Waals surface area contributed by atoms with Crippen molar-refractivity contribution in [3.63, 3.8) is 0 Å². The first-order valence-electron chi connectivity index (χ1n) is 8.08. The molecule has 0 aliphatic heterocycles. The van der Waals surface area contributed by atoms with Gasteiger partial charge in [0.15, 0.2) is 17.6 Å². The molecule has 2 aromatic carbocycles. The number of rotatable bonds is 6. The third-order valence-corrected chi connectivity index (χ3v) is 3.78. The first-order chi connectivity index (χ1) is 12.6. The van der Waals surface area contributed by atoms with E-state index < -0.39 is 12.0 Å². The Labute approximate surface area is 150 Å². The van der Waals surface area contributed by atoms with Crippen LogP contribution in [0.4, 0.5) is 5.95 Å². The lowest BCUT2D eigenvalue weighted by Crippen LogP contribution is -2.30. The van der Waals surface area contributed by atoms with Gasteiger partial charge in [-0.25, -0.2) is 0 Å². The van der Waals surface area contributed by atoms with Crippen molar-refractivity contribution in [2.45, 2.75) is 20.0 Å². The number of amides is 1. The standard InChI is InChI=1S/C19H19N3O4/c1-12-8-4-5-9-14(12)18-21-19(22-26-18)20-17(23)13(2)25-16-11-7-6-10-15(16)24-3/h4-11,13H,1-3H3,(H,20,22,23)/t13-/m1/s1. The Hall–Kier alpha value is -3.35. The number of nitrogens with one attached hydrogen (secondary N) is 1. The van der Waals surface area contributed by atoms with Crippen molar-refractivity contribution in [3.05, 3.63) is 54.1 Å². The lowest BCUT2D eigenvalue weighted by Gasteiger charge is -2.15. The monoisotopic (exact) mass is 353 g/mol. The number of aryl methyl sites for hydroxylation is 1. The average Bonchev–Trinajstić information content (AvgIpc) is 3.10. The molecular formula is C19H19N3O4. The second-order valence-electron chi connectivity index (χ2n) is 5.64. The molecule has 0 fully saturated rings. The highest BCUT2D eigenvalue weighted by molar-refractivity contribution is 5.92. The summed E-state index contributed by atoms with van der Waals surface area (Å²) in [5.74, 6) is 1.06. The topological polar surface area (TPSA) is 86.5 Å². The van der Waals surface area contributed by atoms with Crippen LogP contribution in [0.15, 0.2) is 53.1 Å². The quantitative estimate of drug-likeness (QED) is 0.730. The van der Waals surface area contributed by atoms with Gasteiger partial charge >= 0.3 is 0 Å². The van der Waals surface area contributed by atoms with E-state index in [-0.39, 0.29) is 5.95 Å². The molecule has 3 aromatic rings. The predicted molar refractivity (Wildman–Crippen MR) is 96.2 cm³/mol. The Morgan fingerprint density at radius 2 is 1.81 bits per heavy atom. The van der Waals surface area contributed by atoms with Gasteiger partial charge in [-0.1, -0.05) is 30.3 Å². The van der Waals surface area contributed by atoms with E-state index >= 15 is 0 Å². The summed E-state index contributed by atoms with van der Waals surface area (Å²) in [6.45, 7) is 3.57. The number of hydrogen-bond acceptors (Lipinski definition) is 6. The smallest absolute Gasteiger partial charge is 0.270 e. The van der Waals surface area contributed by atoms with E-state index in [2.05, 4.69) is 15.5 Å². The first kappa shape index (κ1) is 17.5. The molecule has 1 heterocycles. The zero-order valence-corrected chi connectivity index (χ0v) is 14.7. The highest BCUT2D eigenvalue weighted by Gasteiger charge is 2.19. The maximum Gasteiger partial charge on any atom is 0.270 e. The molecule has 3 rings (SSSR count). The number of hydrogen-bond donors (Lipinski definition) is 1. The van der Waals surface area contributed by atoms with Crippen molar-refractivity contribution in [1.82, 2.24) is 10.1 Å². The minimum atomic E-state index is -0.772. The minimum Gasteiger partial charge on any atom is -0.493 e. The summed E-state index contributed by atoms with van der Waals surface area (Å²) in [4.78, 5) is 16.5. The molecule has 0 unspecified atom stereocenters. The van der Waals surface area contributed by atoms with Gasteiger partial charge in [-0.2, -0.15) is 4.98 Å². The van der Waals surface area contributed by atoms with Gasteiger partial charge in [0.2, 0.25) is 0 Å². The van der Waals surface area contributed by atoms with Crippen LogP contribution in [0.25, 0.3) is 11.5 Å². The van der Waals surface area contributed by atoms with E-state index in [9.17, 15) is 4.79 Å². The number of carbonyl (C=O) groups is 1. The third kappa shape index (κ3) is 3.83. The summed E-state index contributed by atoms with van der Waals surface area (Å²) in [5.41, 5.74) is 1.82. The van der Waals surface area contributed by atoms with Gasteiger partial charge in [0, 0.05) is 5.56 Å². The van der Waals surface area contributed by atoms with Gasteiger partial charge < -0.3 is 14.0 Å². The molecule has 1 amide bonds. The van der Waals surface area contributed by atoms with Crippen LogP contribution in [-0.4, -0.2) is 29.3 Å². The second-order valence-corrected chi connectivity index (χ2v) is 5.64. The Bertz CT molecular complexity index is 907. The second kappa shape index (κ2) is 7.69. The largest absolute Gasteiger partial charge is 0.493 e. The van der Waals surface area contributed by atoms with E-state index in [1.54, 1.807) is 32.2 Å². The van der Waals surface area contributed by atoms with Crippen molar-refractivity contribution in [2.75, 3.05) is 12.4 Å². The molecule has 7 heteroatoms. The van der Waals surface area contributed by atoms with Crippen molar-refractivity contribution < 1.29 is 18.8 Å². The summed E-state index contributed by atoms with van der Waals surface area (Å²) in [7, 11) is 1.54. The maximum absolute atomic E-state index is 12.3. The van der Waals surface area contributed by atoms with E-state index in [1.165, 1.54) is 0 Å². The molecule has 1 N–H and O–H groups in total. The molecule has 1 atom stereocenters. The number of ether oxygens (including phenoxy) is 2. The van der Waals surface area contributed by atoms with Crippen LogP contribution >= 0.6 is 0 Å². The number of aromatic nitrogens is 2. The van der Waals surface area contributed by atoms with E-state index in [0.717, 1.165) is 11.1 Å². The van der Waals surface area contributed by atoms with E-state index in [4.69, 9.17) is 14.0 Å². The molecule has 0 radical (unpaired) electrons. The zero-order valence-electron chi connectivity index (χ0n) is 14.7. The number of anilines is 1. The fraction of sp³-hybridized carbons (Fsp3) is 0.211. The van der Waals surface area contributed by atoms with Crippen LogP contribution in [0.1, 0.15) is 12.5 Å². The van der Waals surface area contributed by atoms with Gasteiger partial charge in [0.1, 0.15) is 0 Å². The zero-order chi connectivity index (χ0) is 18.5. The summed E-state index contributed by atoms with van der Waals surface area (Å²) < 4.78 is 16.1. The number of methoxy groups -OCH3 is 1. The molecular weight excluding hydrogens is 334 g/mol. The molecule has 134 valence electrons. The molecule has 0 saturated carbocycles. The molecule has 0 aliphatic rings. The Morgan fingerprint density at radius 3 is 2.54 bits per heavy atom. The predicted octanol–water partition coefficient (Wildman–Crippen LogP) is 3.46. The number of carbonyl (C=O) groups excluding carboxylic acids is 1.